The van der Waals surface area contributed by atoms with Gasteiger partial charge in [-0.25, -0.2) is 0 Å². The van der Waals surface area contributed by atoms with Crippen LogP contribution in [0.1, 0.15) is 18.9 Å². The fraction of sp³-hybridized carbons (Fsp3) is 0.200. The van der Waals surface area contributed by atoms with Crippen molar-refractivity contribution in [1.29, 1.82) is 0 Å². The van der Waals surface area contributed by atoms with Gasteiger partial charge in [0.25, 0.3) is 5.91 Å². The molecule has 3 nitrogen and oxygen atoms in total. The highest BCUT2D eigenvalue weighted by Gasteiger charge is 2.02. The molecule has 100 valence electrons. The van der Waals surface area contributed by atoms with Gasteiger partial charge >= 0.3 is 0 Å². The summed E-state index contributed by atoms with van der Waals surface area (Å²) in [6, 6.07) is 3.77. The Morgan fingerprint density at radius 1 is 1.47 bits per heavy atom. The Bertz CT molecular complexity index is 492. The quantitative estimate of drug-likeness (QED) is 0.362. The van der Waals surface area contributed by atoms with Crippen LogP contribution in [-0.2, 0) is 4.79 Å². The third-order valence-corrected chi connectivity index (χ3v) is 2.67. The standard InChI is InChI=1S/C15H18N2OS/c1-12(2)6-11-17-15(18)14(19)5-3-4-13-7-9-16-10-8-13/h3-5,7-10,19H,1,6,11H2,2H3,(H,17,18)/b4-3+,14-5-. The molecule has 1 rings (SSSR count). The van der Waals surface area contributed by atoms with Crippen LogP contribution in [0, 0.1) is 0 Å². The molecule has 1 N–H and O–H groups in total. The highest BCUT2D eigenvalue weighted by atomic mass is 32.1. The number of hydrogen-bond acceptors (Lipinski definition) is 3. The zero-order valence-corrected chi connectivity index (χ0v) is 11.9. The Morgan fingerprint density at radius 3 is 2.79 bits per heavy atom. The van der Waals surface area contributed by atoms with Crippen LogP contribution in [0.3, 0.4) is 0 Å². The van der Waals surface area contributed by atoms with Gasteiger partial charge in [-0.15, -0.1) is 19.2 Å². The van der Waals surface area contributed by atoms with Gasteiger partial charge in [0, 0.05) is 18.9 Å². The number of carbonyl (C=O) groups is 1. The Balaban J connectivity index is 2.45. The van der Waals surface area contributed by atoms with Crippen molar-refractivity contribution in [2.45, 2.75) is 13.3 Å². The summed E-state index contributed by atoms with van der Waals surface area (Å²) in [4.78, 5) is 15.9. The first-order valence-electron chi connectivity index (χ1n) is 5.99. The summed E-state index contributed by atoms with van der Waals surface area (Å²) in [5.41, 5.74) is 2.07. The molecule has 1 amide bonds. The normalized spacial score (nSPS) is 11.6. The summed E-state index contributed by atoms with van der Waals surface area (Å²) >= 11 is 4.16. The van der Waals surface area contributed by atoms with Gasteiger partial charge in [-0.2, -0.15) is 0 Å². The molecular weight excluding hydrogens is 256 g/mol. The van der Waals surface area contributed by atoms with Gasteiger partial charge in [0.1, 0.15) is 0 Å². The molecule has 19 heavy (non-hydrogen) atoms. The summed E-state index contributed by atoms with van der Waals surface area (Å²) in [5.74, 6) is -0.177. The number of rotatable bonds is 6. The lowest BCUT2D eigenvalue weighted by Crippen LogP contribution is -2.24. The van der Waals surface area contributed by atoms with Crippen LogP contribution < -0.4 is 5.32 Å². The Kier molecular flexibility index (Phi) is 6.68. The van der Waals surface area contributed by atoms with Crippen molar-refractivity contribution in [3.05, 3.63) is 59.3 Å². The van der Waals surface area contributed by atoms with E-state index in [4.69, 9.17) is 0 Å². The first-order chi connectivity index (χ1) is 9.09. The van der Waals surface area contributed by atoms with Crippen molar-refractivity contribution < 1.29 is 4.79 Å². The molecule has 0 spiro atoms. The van der Waals surface area contributed by atoms with Crippen molar-refractivity contribution >= 4 is 24.6 Å². The number of nitrogens with zero attached hydrogens (tertiary/aromatic N) is 1. The number of allylic oxidation sites excluding steroid dienone is 2. The Morgan fingerprint density at radius 2 is 2.16 bits per heavy atom. The predicted molar refractivity (Wildman–Crippen MR) is 82.8 cm³/mol. The maximum Gasteiger partial charge on any atom is 0.257 e. The molecule has 4 heteroatoms. The molecule has 1 aromatic heterocycles. The third-order valence-electron chi connectivity index (χ3n) is 2.32. The largest absolute Gasteiger partial charge is 0.351 e. The second kappa shape index (κ2) is 8.32. The smallest absolute Gasteiger partial charge is 0.257 e. The molecule has 0 aliphatic carbocycles. The molecule has 0 bridgehead atoms. The van der Waals surface area contributed by atoms with E-state index in [-0.39, 0.29) is 5.91 Å². The fourth-order valence-electron chi connectivity index (χ4n) is 1.28. The van der Waals surface area contributed by atoms with Crippen molar-refractivity contribution in [1.82, 2.24) is 10.3 Å². The molecule has 0 saturated carbocycles. The van der Waals surface area contributed by atoms with Gasteiger partial charge in [-0.05, 0) is 37.1 Å². The van der Waals surface area contributed by atoms with E-state index in [1.807, 2.05) is 25.1 Å². The average molecular weight is 274 g/mol. The number of thiol groups is 1. The minimum absolute atomic E-state index is 0.177. The van der Waals surface area contributed by atoms with Gasteiger partial charge in [0.05, 0.1) is 4.91 Å². The zero-order valence-electron chi connectivity index (χ0n) is 11.0. The molecule has 1 aromatic rings. The maximum atomic E-state index is 11.6. The monoisotopic (exact) mass is 274 g/mol. The second-order valence-electron chi connectivity index (χ2n) is 4.15. The zero-order chi connectivity index (χ0) is 14.1. The average Bonchev–Trinajstić information content (AvgIpc) is 2.39. The summed E-state index contributed by atoms with van der Waals surface area (Å²) < 4.78 is 0. The van der Waals surface area contributed by atoms with E-state index in [1.54, 1.807) is 24.5 Å². The van der Waals surface area contributed by atoms with E-state index in [0.717, 1.165) is 17.6 Å². The maximum absolute atomic E-state index is 11.6. The van der Waals surface area contributed by atoms with E-state index in [2.05, 4.69) is 29.5 Å². The minimum atomic E-state index is -0.177. The molecule has 0 saturated heterocycles. The van der Waals surface area contributed by atoms with Crippen LogP contribution >= 0.6 is 12.6 Å². The highest BCUT2D eigenvalue weighted by Crippen LogP contribution is 2.04. The first kappa shape index (κ1) is 15.2. The van der Waals surface area contributed by atoms with Crippen LogP contribution in [0.25, 0.3) is 6.08 Å². The number of nitrogens with one attached hydrogen (secondary N) is 1. The minimum Gasteiger partial charge on any atom is -0.351 e. The van der Waals surface area contributed by atoms with Crippen LogP contribution in [0.4, 0.5) is 0 Å². The van der Waals surface area contributed by atoms with E-state index in [0.29, 0.717) is 11.4 Å². The molecule has 0 unspecified atom stereocenters. The highest BCUT2D eigenvalue weighted by molar-refractivity contribution is 7.85. The van der Waals surface area contributed by atoms with Crippen molar-refractivity contribution in [3.8, 4) is 0 Å². The predicted octanol–water partition coefficient (Wildman–Crippen LogP) is 2.99. The van der Waals surface area contributed by atoms with Crippen molar-refractivity contribution in [2.75, 3.05) is 6.54 Å². The lowest BCUT2D eigenvalue weighted by Gasteiger charge is -2.03. The van der Waals surface area contributed by atoms with Gasteiger partial charge in [0.15, 0.2) is 0 Å². The summed E-state index contributed by atoms with van der Waals surface area (Å²) in [6.07, 6.45) is 9.55. The summed E-state index contributed by atoms with van der Waals surface area (Å²) in [6.45, 7) is 6.29. The molecule has 0 aromatic carbocycles. The van der Waals surface area contributed by atoms with Crippen LogP contribution in [0.15, 0.2) is 53.7 Å². The molecule has 1 heterocycles. The molecule has 0 aliphatic rings. The van der Waals surface area contributed by atoms with E-state index < -0.39 is 0 Å². The molecular formula is C15H18N2OS. The Hall–Kier alpha value is -1.81. The molecule has 0 fully saturated rings. The van der Waals surface area contributed by atoms with Crippen LogP contribution in [-0.4, -0.2) is 17.4 Å². The topological polar surface area (TPSA) is 42.0 Å². The molecule has 0 atom stereocenters. The van der Waals surface area contributed by atoms with E-state index in [1.165, 1.54) is 0 Å². The first-order valence-corrected chi connectivity index (χ1v) is 6.44. The van der Waals surface area contributed by atoms with Crippen LogP contribution in [0.2, 0.25) is 0 Å². The number of hydrogen-bond donors (Lipinski definition) is 2. The van der Waals surface area contributed by atoms with E-state index in [9.17, 15) is 4.79 Å². The number of pyridine rings is 1. The van der Waals surface area contributed by atoms with Crippen molar-refractivity contribution in [2.24, 2.45) is 0 Å². The molecule has 0 aliphatic heterocycles. The number of aromatic nitrogens is 1. The third kappa shape index (κ3) is 6.62. The van der Waals surface area contributed by atoms with Gasteiger partial charge in [-0.1, -0.05) is 17.7 Å². The van der Waals surface area contributed by atoms with Crippen molar-refractivity contribution in [3.63, 3.8) is 0 Å². The SMILES string of the molecule is C=C(C)CCNC(=O)/C(S)=C/C=C/c1ccncc1. The summed E-state index contributed by atoms with van der Waals surface area (Å²) in [5, 5.41) is 2.77. The Labute approximate surface area is 119 Å². The van der Waals surface area contributed by atoms with Gasteiger partial charge < -0.3 is 5.32 Å². The van der Waals surface area contributed by atoms with Gasteiger partial charge in [-0.3, -0.25) is 9.78 Å². The summed E-state index contributed by atoms with van der Waals surface area (Å²) in [7, 11) is 0. The molecule has 0 radical (unpaired) electrons. The lowest BCUT2D eigenvalue weighted by molar-refractivity contribution is -0.116. The number of carbonyl (C=O) groups excluding carboxylic acids is 1. The van der Waals surface area contributed by atoms with E-state index >= 15 is 0 Å². The van der Waals surface area contributed by atoms with Crippen LogP contribution in [0.5, 0.6) is 0 Å². The lowest BCUT2D eigenvalue weighted by atomic mass is 10.2. The fourth-order valence-corrected chi connectivity index (χ4v) is 1.45. The van der Waals surface area contributed by atoms with Gasteiger partial charge in [0.2, 0.25) is 0 Å². The number of amides is 1. The second-order valence-corrected chi connectivity index (χ2v) is 4.64.